The highest BCUT2D eigenvalue weighted by Crippen LogP contribution is 2.37. The van der Waals surface area contributed by atoms with Crippen LogP contribution in [0.25, 0.3) is 0 Å². The number of alkyl halides is 3. The zero-order chi connectivity index (χ0) is 14.9. The van der Waals surface area contributed by atoms with Gasteiger partial charge in [-0.15, -0.1) is 11.3 Å². The molecular weight excluding hydrogens is 313 g/mol. The summed E-state index contributed by atoms with van der Waals surface area (Å²) in [6, 6.07) is 4.03. The van der Waals surface area contributed by atoms with Crippen molar-refractivity contribution in [1.29, 1.82) is 0 Å². The van der Waals surface area contributed by atoms with E-state index in [1.165, 1.54) is 7.11 Å². The van der Waals surface area contributed by atoms with Crippen molar-refractivity contribution in [1.82, 2.24) is 4.98 Å². The van der Waals surface area contributed by atoms with Crippen LogP contribution in [0.5, 0.6) is 5.75 Å². The monoisotopic (exact) mass is 322 g/mol. The van der Waals surface area contributed by atoms with E-state index < -0.39 is 17.2 Å². The van der Waals surface area contributed by atoms with Gasteiger partial charge in [-0.25, -0.2) is 4.98 Å². The van der Waals surface area contributed by atoms with Crippen LogP contribution in [0.15, 0.2) is 24.4 Å². The summed E-state index contributed by atoms with van der Waals surface area (Å²) < 4.78 is 42.7. The third-order valence-corrected chi connectivity index (χ3v) is 3.96. The minimum Gasteiger partial charge on any atom is -0.496 e. The minimum atomic E-state index is -4.47. The molecule has 1 aromatic carbocycles. The summed E-state index contributed by atoms with van der Waals surface area (Å²) in [6.07, 6.45) is -3.33. The van der Waals surface area contributed by atoms with Gasteiger partial charge in [-0.2, -0.15) is 13.2 Å². The number of hydrogen-bond acceptors (Lipinski definition) is 4. The molecule has 1 atom stereocenters. The first-order valence-corrected chi connectivity index (χ1v) is 6.64. The lowest BCUT2D eigenvalue weighted by atomic mass is 10.1. The lowest BCUT2D eigenvalue weighted by molar-refractivity contribution is -0.137. The van der Waals surface area contributed by atoms with Gasteiger partial charge in [0.05, 0.1) is 13.2 Å². The summed E-state index contributed by atoms with van der Waals surface area (Å²) in [5, 5.41) is -0.464. The third-order valence-electron chi connectivity index (χ3n) is 2.60. The highest BCUT2D eigenvalue weighted by molar-refractivity contribution is 7.11. The van der Waals surface area contributed by atoms with E-state index in [9.17, 15) is 13.2 Å². The first-order valence-electron chi connectivity index (χ1n) is 5.45. The van der Waals surface area contributed by atoms with Gasteiger partial charge in [-0.05, 0) is 12.1 Å². The first-order chi connectivity index (χ1) is 9.32. The molecule has 2 aromatic rings. The second kappa shape index (κ2) is 5.59. The third kappa shape index (κ3) is 3.05. The molecule has 0 saturated carbocycles. The molecule has 8 heteroatoms. The van der Waals surface area contributed by atoms with Gasteiger partial charge >= 0.3 is 6.18 Å². The predicted molar refractivity (Wildman–Crippen MR) is 71.2 cm³/mol. The van der Waals surface area contributed by atoms with Crippen molar-refractivity contribution in [3.8, 4) is 5.75 Å². The normalized spacial score (nSPS) is 13.3. The molecule has 20 heavy (non-hydrogen) atoms. The molecule has 1 aromatic heterocycles. The van der Waals surface area contributed by atoms with Gasteiger partial charge in [0.25, 0.3) is 0 Å². The Labute approximate surface area is 122 Å². The van der Waals surface area contributed by atoms with E-state index in [2.05, 4.69) is 4.98 Å². The first kappa shape index (κ1) is 15.1. The molecule has 0 aliphatic heterocycles. The average molecular weight is 323 g/mol. The summed E-state index contributed by atoms with van der Waals surface area (Å²) in [5.41, 5.74) is 6.53. The van der Waals surface area contributed by atoms with E-state index in [1.807, 2.05) is 0 Å². The van der Waals surface area contributed by atoms with E-state index in [1.54, 1.807) is 18.2 Å². The van der Waals surface area contributed by atoms with Crippen LogP contribution in [0, 0.1) is 0 Å². The molecule has 0 spiro atoms. The van der Waals surface area contributed by atoms with Gasteiger partial charge in [0.2, 0.25) is 0 Å². The van der Waals surface area contributed by atoms with E-state index in [0.29, 0.717) is 32.5 Å². The summed E-state index contributed by atoms with van der Waals surface area (Å²) >= 11 is 6.35. The van der Waals surface area contributed by atoms with Crippen LogP contribution in [0.2, 0.25) is 5.02 Å². The molecule has 1 unspecified atom stereocenters. The lowest BCUT2D eigenvalue weighted by Crippen LogP contribution is -2.11. The molecule has 2 rings (SSSR count). The Morgan fingerprint density at radius 1 is 1.40 bits per heavy atom. The minimum absolute atomic E-state index is 0.304. The Morgan fingerprint density at radius 2 is 2.10 bits per heavy atom. The molecule has 0 radical (unpaired) electrons. The van der Waals surface area contributed by atoms with Gasteiger partial charge in [0.1, 0.15) is 5.75 Å². The highest BCUT2D eigenvalue weighted by atomic mass is 35.5. The van der Waals surface area contributed by atoms with E-state index in [0.717, 1.165) is 6.20 Å². The van der Waals surface area contributed by atoms with Crippen molar-refractivity contribution in [2.45, 2.75) is 12.2 Å². The van der Waals surface area contributed by atoms with Crippen molar-refractivity contribution in [3.05, 3.63) is 44.9 Å². The second-order valence-corrected chi connectivity index (χ2v) is 5.43. The molecule has 108 valence electrons. The Bertz CT molecular complexity index is 615. The van der Waals surface area contributed by atoms with Crippen LogP contribution >= 0.6 is 22.9 Å². The van der Waals surface area contributed by atoms with Crippen LogP contribution in [-0.4, -0.2) is 12.1 Å². The SMILES string of the molecule is COc1cc(Cl)ccc1C(N)c1cnc(C(F)(F)F)s1. The zero-order valence-electron chi connectivity index (χ0n) is 10.2. The molecule has 0 fully saturated rings. The van der Waals surface area contributed by atoms with Crippen LogP contribution < -0.4 is 10.5 Å². The number of nitrogens with two attached hydrogens (primary N) is 1. The van der Waals surface area contributed by atoms with Gasteiger partial charge < -0.3 is 10.5 Å². The van der Waals surface area contributed by atoms with E-state index in [-0.39, 0.29) is 0 Å². The number of methoxy groups -OCH3 is 1. The number of halogens is 4. The van der Waals surface area contributed by atoms with E-state index >= 15 is 0 Å². The Kier molecular flexibility index (Phi) is 4.22. The fourth-order valence-corrected chi connectivity index (χ4v) is 2.62. The molecule has 0 aliphatic rings. The van der Waals surface area contributed by atoms with Crippen molar-refractivity contribution < 1.29 is 17.9 Å². The maximum atomic E-state index is 12.5. The van der Waals surface area contributed by atoms with Crippen LogP contribution in [0.1, 0.15) is 21.5 Å². The van der Waals surface area contributed by atoms with Gasteiger partial charge in [0.15, 0.2) is 5.01 Å². The molecule has 0 bridgehead atoms. The van der Waals surface area contributed by atoms with Crippen LogP contribution in [0.3, 0.4) is 0 Å². The van der Waals surface area contributed by atoms with Crippen molar-refractivity contribution in [2.75, 3.05) is 7.11 Å². The van der Waals surface area contributed by atoms with Gasteiger partial charge in [0, 0.05) is 21.7 Å². The summed E-state index contributed by atoms with van der Waals surface area (Å²) in [4.78, 5) is 3.66. The topological polar surface area (TPSA) is 48.1 Å². The predicted octanol–water partition coefficient (Wildman–Crippen LogP) is 3.87. The Balaban J connectivity index is 2.36. The smallest absolute Gasteiger partial charge is 0.443 e. The molecule has 0 saturated heterocycles. The van der Waals surface area contributed by atoms with Crippen molar-refractivity contribution in [3.63, 3.8) is 0 Å². The Hall–Kier alpha value is -1.31. The fourth-order valence-electron chi connectivity index (χ4n) is 1.66. The van der Waals surface area contributed by atoms with Crippen LogP contribution in [-0.2, 0) is 6.18 Å². The van der Waals surface area contributed by atoms with Crippen molar-refractivity contribution >= 4 is 22.9 Å². The number of hydrogen-bond donors (Lipinski definition) is 1. The van der Waals surface area contributed by atoms with Crippen LogP contribution in [0.4, 0.5) is 13.2 Å². The molecule has 3 nitrogen and oxygen atoms in total. The fraction of sp³-hybridized carbons (Fsp3) is 0.250. The quantitative estimate of drug-likeness (QED) is 0.933. The lowest BCUT2D eigenvalue weighted by Gasteiger charge is -2.14. The largest absolute Gasteiger partial charge is 0.496 e. The molecule has 1 heterocycles. The second-order valence-electron chi connectivity index (χ2n) is 3.93. The highest BCUT2D eigenvalue weighted by Gasteiger charge is 2.35. The average Bonchev–Trinajstić information content (AvgIpc) is 2.87. The number of ether oxygens (including phenoxy) is 1. The molecule has 0 aliphatic carbocycles. The van der Waals surface area contributed by atoms with E-state index in [4.69, 9.17) is 22.1 Å². The number of thiazole rings is 1. The maximum absolute atomic E-state index is 12.5. The number of aromatic nitrogens is 1. The zero-order valence-corrected chi connectivity index (χ0v) is 11.8. The molecule has 0 amide bonds. The number of rotatable bonds is 3. The summed E-state index contributed by atoms with van der Waals surface area (Å²) in [7, 11) is 1.44. The number of benzene rings is 1. The Morgan fingerprint density at radius 3 is 2.65 bits per heavy atom. The summed E-state index contributed by atoms with van der Waals surface area (Å²) in [5.74, 6) is 0.423. The maximum Gasteiger partial charge on any atom is 0.443 e. The van der Waals surface area contributed by atoms with Crippen molar-refractivity contribution in [2.24, 2.45) is 5.73 Å². The van der Waals surface area contributed by atoms with Gasteiger partial charge in [-0.1, -0.05) is 17.7 Å². The summed E-state index contributed by atoms with van der Waals surface area (Å²) in [6.45, 7) is 0. The van der Waals surface area contributed by atoms with Gasteiger partial charge in [-0.3, -0.25) is 0 Å². The molecule has 2 N–H and O–H groups in total. The number of nitrogens with zero attached hydrogens (tertiary/aromatic N) is 1. The molecular formula is C12H10ClF3N2OS. The standard InChI is InChI=1S/C12H10ClF3N2OS/c1-19-8-4-6(13)2-3-7(8)10(17)9-5-18-11(20-9)12(14,15)16/h2-5,10H,17H2,1H3.